The molecule has 2 aliphatic rings. The number of hydrogen-bond acceptors (Lipinski definition) is 13. The van der Waals surface area contributed by atoms with E-state index in [4.69, 9.17) is 38.6 Å². The van der Waals surface area contributed by atoms with Gasteiger partial charge in [0, 0.05) is 0 Å². The highest BCUT2D eigenvalue weighted by molar-refractivity contribution is 5.68. The van der Waals surface area contributed by atoms with Gasteiger partial charge in [-0.15, -0.1) is 6.58 Å². The van der Waals surface area contributed by atoms with E-state index in [0.29, 0.717) is 0 Å². The summed E-state index contributed by atoms with van der Waals surface area (Å²) in [5.74, 6) is -2.64. The van der Waals surface area contributed by atoms with Gasteiger partial charge in [-0.05, 0) is 0 Å². The summed E-state index contributed by atoms with van der Waals surface area (Å²) in [6.07, 6.45) is -14.0. The Morgan fingerprint density at radius 3 is 2.12 bits per heavy atom. The van der Waals surface area contributed by atoms with Gasteiger partial charge in [0.05, 0.1) is 19.8 Å². The molecular weight excluding hydrogens is 468 g/mol. The third kappa shape index (κ3) is 7.37. The molecular formula is C19H30O15. The van der Waals surface area contributed by atoms with Gasteiger partial charge in [0.15, 0.2) is 12.6 Å². The van der Waals surface area contributed by atoms with E-state index >= 15 is 0 Å². The van der Waals surface area contributed by atoms with Gasteiger partial charge in [0.2, 0.25) is 0 Å². The van der Waals surface area contributed by atoms with Gasteiger partial charge in [0.1, 0.15) is 62.0 Å². The molecule has 34 heavy (non-hydrogen) atoms. The van der Waals surface area contributed by atoms with Crippen LogP contribution in [0.5, 0.6) is 0 Å². The number of aliphatic hydroxyl groups is 5. The molecule has 15 heteroatoms. The predicted molar refractivity (Wildman–Crippen MR) is 105 cm³/mol. The van der Waals surface area contributed by atoms with Gasteiger partial charge < -0.3 is 64.2 Å². The Morgan fingerprint density at radius 1 is 0.853 bits per heavy atom. The molecule has 7 N–H and O–H groups in total. The first-order valence-corrected chi connectivity index (χ1v) is 10.3. The van der Waals surface area contributed by atoms with Crippen molar-refractivity contribution in [1.29, 1.82) is 0 Å². The zero-order valence-electron chi connectivity index (χ0n) is 18.0. The number of aliphatic hydroxyl groups excluding tert-OH is 5. The minimum Gasteiger partial charge on any atom is -0.480 e. The standard InChI is InChI=1S/C19H30O15/c1-2-3-30-15-9(5-29-6-10(21)22)33-19(13(26)12(15)25)34-16-8(4-20)32-18(28)17(14(16)27)31-7-11(23)24/h2,8-9,12-20,25-28H,1,3-7H2,(H,21,22)(H,23,24). The highest BCUT2D eigenvalue weighted by Crippen LogP contribution is 2.30. The summed E-state index contributed by atoms with van der Waals surface area (Å²) in [6, 6.07) is 0. The van der Waals surface area contributed by atoms with E-state index in [2.05, 4.69) is 6.58 Å². The van der Waals surface area contributed by atoms with E-state index in [1.54, 1.807) is 0 Å². The summed E-state index contributed by atoms with van der Waals surface area (Å²) in [7, 11) is 0. The first-order valence-electron chi connectivity index (χ1n) is 10.3. The van der Waals surface area contributed by atoms with Gasteiger partial charge >= 0.3 is 11.9 Å². The average Bonchev–Trinajstić information content (AvgIpc) is 2.77. The number of carboxylic acids is 2. The molecule has 2 fully saturated rings. The van der Waals surface area contributed by atoms with E-state index in [9.17, 15) is 35.1 Å². The Labute approximate surface area is 193 Å². The number of hydrogen-bond donors (Lipinski definition) is 7. The third-order valence-electron chi connectivity index (χ3n) is 5.06. The maximum Gasteiger partial charge on any atom is 0.329 e. The molecule has 0 radical (unpaired) electrons. The van der Waals surface area contributed by atoms with Crippen LogP contribution in [0, 0.1) is 0 Å². The summed E-state index contributed by atoms with van der Waals surface area (Å²) in [4.78, 5) is 21.5. The normalized spacial score (nSPS) is 38.4. The second kappa shape index (κ2) is 13.4. The van der Waals surface area contributed by atoms with Crippen LogP contribution in [-0.2, 0) is 38.0 Å². The smallest absolute Gasteiger partial charge is 0.329 e. The monoisotopic (exact) mass is 498 g/mol. The number of carboxylic acid groups (broad SMARTS) is 2. The molecule has 2 aliphatic heterocycles. The third-order valence-corrected chi connectivity index (χ3v) is 5.06. The van der Waals surface area contributed by atoms with E-state index in [0.717, 1.165) is 0 Å². The van der Waals surface area contributed by atoms with Gasteiger partial charge in [-0.1, -0.05) is 6.08 Å². The van der Waals surface area contributed by atoms with Crippen LogP contribution < -0.4 is 0 Å². The average molecular weight is 498 g/mol. The lowest BCUT2D eigenvalue weighted by molar-refractivity contribution is -0.360. The lowest BCUT2D eigenvalue weighted by Crippen LogP contribution is -2.65. The van der Waals surface area contributed by atoms with E-state index in [1.165, 1.54) is 6.08 Å². The second-order valence-electron chi connectivity index (χ2n) is 7.53. The molecule has 2 saturated heterocycles. The quantitative estimate of drug-likeness (QED) is 0.120. The molecule has 10 unspecified atom stereocenters. The van der Waals surface area contributed by atoms with Gasteiger partial charge in [-0.25, -0.2) is 9.59 Å². The van der Waals surface area contributed by atoms with E-state index in [-0.39, 0.29) is 13.2 Å². The fraction of sp³-hybridized carbons (Fsp3) is 0.789. The van der Waals surface area contributed by atoms with Crippen molar-refractivity contribution in [1.82, 2.24) is 0 Å². The topological polar surface area (TPSA) is 231 Å². The van der Waals surface area contributed by atoms with E-state index in [1.807, 2.05) is 0 Å². The molecule has 2 heterocycles. The van der Waals surface area contributed by atoms with Gasteiger partial charge in [-0.3, -0.25) is 0 Å². The van der Waals surface area contributed by atoms with Crippen LogP contribution in [0.3, 0.4) is 0 Å². The Morgan fingerprint density at radius 2 is 1.53 bits per heavy atom. The molecule has 0 bridgehead atoms. The number of carbonyl (C=O) groups is 2. The first kappa shape index (κ1) is 28.5. The Balaban J connectivity index is 2.17. The molecule has 0 spiro atoms. The van der Waals surface area contributed by atoms with Crippen molar-refractivity contribution in [3.63, 3.8) is 0 Å². The van der Waals surface area contributed by atoms with Crippen molar-refractivity contribution in [2.45, 2.75) is 61.4 Å². The van der Waals surface area contributed by atoms with Crippen molar-refractivity contribution in [2.75, 3.05) is 33.0 Å². The largest absolute Gasteiger partial charge is 0.480 e. The molecule has 15 nitrogen and oxygen atoms in total. The molecule has 0 aromatic carbocycles. The van der Waals surface area contributed by atoms with Crippen LogP contribution in [0.4, 0.5) is 0 Å². The zero-order chi connectivity index (χ0) is 25.4. The van der Waals surface area contributed by atoms with Crippen molar-refractivity contribution in [2.24, 2.45) is 0 Å². The zero-order valence-corrected chi connectivity index (χ0v) is 18.0. The molecule has 0 amide bonds. The highest BCUT2D eigenvalue weighted by atomic mass is 16.7. The lowest BCUT2D eigenvalue weighted by atomic mass is 9.96. The Hall–Kier alpha value is -1.76. The fourth-order valence-electron chi connectivity index (χ4n) is 3.53. The minimum atomic E-state index is -1.80. The Bertz CT molecular complexity index is 674. The summed E-state index contributed by atoms with van der Waals surface area (Å²) in [6.45, 7) is 0.736. The van der Waals surface area contributed by atoms with Crippen LogP contribution in [-0.4, -0.2) is 142 Å². The maximum absolute atomic E-state index is 10.8. The predicted octanol–water partition coefficient (Wildman–Crippen LogP) is -3.97. The van der Waals surface area contributed by atoms with Crippen molar-refractivity contribution >= 4 is 11.9 Å². The van der Waals surface area contributed by atoms with Crippen molar-refractivity contribution in [3.8, 4) is 0 Å². The maximum atomic E-state index is 10.8. The number of aliphatic carboxylic acids is 2. The number of ether oxygens (including phenoxy) is 6. The Kier molecular flexibility index (Phi) is 11.2. The molecule has 10 atom stereocenters. The molecule has 2 rings (SSSR count). The first-order chi connectivity index (χ1) is 16.1. The fourth-order valence-corrected chi connectivity index (χ4v) is 3.53. The van der Waals surface area contributed by atoms with Crippen LogP contribution in [0.25, 0.3) is 0 Å². The summed E-state index contributed by atoms with van der Waals surface area (Å²) in [5.41, 5.74) is 0. The van der Waals surface area contributed by atoms with Crippen molar-refractivity contribution < 1.29 is 73.8 Å². The van der Waals surface area contributed by atoms with Gasteiger partial charge in [0.25, 0.3) is 0 Å². The lowest BCUT2D eigenvalue weighted by Gasteiger charge is -2.46. The van der Waals surface area contributed by atoms with Crippen LogP contribution in [0.2, 0.25) is 0 Å². The molecule has 0 aromatic rings. The summed E-state index contributed by atoms with van der Waals surface area (Å²) < 4.78 is 31.7. The van der Waals surface area contributed by atoms with Crippen LogP contribution in [0.15, 0.2) is 12.7 Å². The molecule has 0 saturated carbocycles. The van der Waals surface area contributed by atoms with Crippen LogP contribution >= 0.6 is 0 Å². The van der Waals surface area contributed by atoms with Gasteiger partial charge in [-0.2, -0.15) is 0 Å². The second-order valence-corrected chi connectivity index (χ2v) is 7.53. The minimum absolute atomic E-state index is 0.0407. The summed E-state index contributed by atoms with van der Waals surface area (Å²) >= 11 is 0. The molecule has 0 aromatic heterocycles. The van der Waals surface area contributed by atoms with Crippen molar-refractivity contribution in [3.05, 3.63) is 12.7 Å². The SMILES string of the molecule is C=CCOC1C(COCC(=O)O)OC(OC2C(CO)OC(O)C(OCC(=O)O)C2O)C(O)C1O. The highest BCUT2D eigenvalue weighted by Gasteiger charge is 2.51. The molecule has 196 valence electrons. The number of rotatable bonds is 13. The summed E-state index contributed by atoms with van der Waals surface area (Å²) in [5, 5.41) is 68.8. The van der Waals surface area contributed by atoms with Crippen LogP contribution in [0.1, 0.15) is 0 Å². The molecule has 0 aliphatic carbocycles. The van der Waals surface area contributed by atoms with E-state index < -0.39 is 93.2 Å².